The van der Waals surface area contributed by atoms with Crippen LogP contribution in [0.1, 0.15) is 11.1 Å². The summed E-state index contributed by atoms with van der Waals surface area (Å²) in [6.07, 6.45) is 3.24. The van der Waals surface area contributed by atoms with Crippen LogP contribution >= 0.6 is 0 Å². The summed E-state index contributed by atoms with van der Waals surface area (Å²) in [5, 5.41) is 4.57. The van der Waals surface area contributed by atoms with Crippen LogP contribution < -0.4 is 11.5 Å². The second kappa shape index (κ2) is 10.7. The Morgan fingerprint density at radius 1 is 0.543 bits per heavy atom. The van der Waals surface area contributed by atoms with Crippen molar-refractivity contribution in [3.63, 3.8) is 0 Å². The maximum Gasteiger partial charge on any atom is 0.221 e. The summed E-state index contributed by atoms with van der Waals surface area (Å²) in [6.45, 7) is 0. The van der Waals surface area contributed by atoms with Crippen LogP contribution in [-0.2, 0) is 22.4 Å². The highest BCUT2D eigenvalue weighted by molar-refractivity contribution is 6.14. The lowest BCUT2D eigenvalue weighted by Gasteiger charge is -2.17. The molecule has 0 aliphatic heterocycles. The Labute approximate surface area is 263 Å². The molecule has 7 heteroatoms. The largest absolute Gasteiger partial charge is 0.369 e. The molecule has 0 bridgehead atoms. The summed E-state index contributed by atoms with van der Waals surface area (Å²) in [7, 11) is 0. The molecule has 5 aromatic carbocycles. The van der Waals surface area contributed by atoms with Gasteiger partial charge < -0.3 is 21.4 Å². The van der Waals surface area contributed by atoms with Crippen LogP contribution in [0.25, 0.3) is 77.0 Å². The van der Waals surface area contributed by atoms with Crippen molar-refractivity contribution in [3.05, 3.63) is 127 Å². The summed E-state index contributed by atoms with van der Waals surface area (Å²) < 4.78 is 0. The number of aromatic nitrogens is 3. The molecule has 0 spiro atoms. The van der Waals surface area contributed by atoms with Gasteiger partial charge in [-0.05, 0) is 63.7 Å². The molecule has 3 aromatic heterocycles. The third-order valence-electron chi connectivity index (χ3n) is 8.76. The second-order valence-corrected chi connectivity index (χ2v) is 11.7. The highest BCUT2D eigenvalue weighted by Crippen LogP contribution is 2.41. The number of hydrogen-bond donors (Lipinski definition) is 4. The van der Waals surface area contributed by atoms with E-state index in [1.165, 1.54) is 0 Å². The quantitative estimate of drug-likeness (QED) is 0.152. The minimum Gasteiger partial charge on any atom is -0.369 e. The summed E-state index contributed by atoms with van der Waals surface area (Å²) in [4.78, 5) is 36.1. The zero-order chi connectivity index (χ0) is 31.4. The Hall–Kier alpha value is -6.21. The fourth-order valence-corrected chi connectivity index (χ4v) is 6.88. The van der Waals surface area contributed by atoms with Crippen LogP contribution in [0.5, 0.6) is 0 Å². The van der Waals surface area contributed by atoms with E-state index in [2.05, 4.69) is 93.8 Å². The van der Waals surface area contributed by atoms with Crippen LogP contribution in [0.4, 0.5) is 0 Å². The average molecular weight is 600 g/mol. The molecule has 46 heavy (non-hydrogen) atoms. The van der Waals surface area contributed by atoms with E-state index in [-0.39, 0.29) is 12.8 Å². The van der Waals surface area contributed by atoms with Gasteiger partial charge in [-0.1, -0.05) is 72.8 Å². The minimum absolute atomic E-state index is 0.0241. The van der Waals surface area contributed by atoms with E-state index in [0.29, 0.717) is 11.1 Å². The van der Waals surface area contributed by atoms with Gasteiger partial charge in [-0.2, -0.15) is 0 Å². The van der Waals surface area contributed by atoms with Crippen molar-refractivity contribution in [2.24, 2.45) is 11.5 Å². The first-order valence-electron chi connectivity index (χ1n) is 15.1. The molecule has 0 saturated carbocycles. The Morgan fingerprint density at radius 3 is 1.46 bits per heavy atom. The first-order chi connectivity index (χ1) is 22.4. The SMILES string of the molecule is NC(=O)Cc1cncc(CC(N)=O)c1-c1cc(-c2cccc3c2[nH]c2ccccc23)cc(-c2cccc3c2[nH]c2ccccc23)c1. The van der Waals surface area contributed by atoms with Gasteiger partial charge in [0, 0.05) is 56.1 Å². The number of carbonyl (C=O) groups excluding carboxylic acids is 2. The lowest BCUT2D eigenvalue weighted by atomic mass is 9.88. The monoisotopic (exact) mass is 599 g/mol. The lowest BCUT2D eigenvalue weighted by Crippen LogP contribution is -2.17. The number of para-hydroxylation sites is 4. The lowest BCUT2D eigenvalue weighted by molar-refractivity contribution is -0.118. The molecule has 8 aromatic rings. The Kier molecular flexibility index (Phi) is 6.39. The van der Waals surface area contributed by atoms with Gasteiger partial charge in [-0.15, -0.1) is 0 Å². The number of benzene rings is 5. The van der Waals surface area contributed by atoms with Gasteiger partial charge in [0.1, 0.15) is 0 Å². The number of H-pyrrole nitrogens is 2. The fourth-order valence-electron chi connectivity index (χ4n) is 6.88. The number of pyridine rings is 1. The summed E-state index contributed by atoms with van der Waals surface area (Å²) in [5.74, 6) is -0.970. The molecular weight excluding hydrogens is 570 g/mol. The maximum absolute atomic E-state index is 12.2. The number of aromatic amines is 2. The number of primary amides is 2. The number of fused-ring (bicyclic) bond motifs is 6. The van der Waals surface area contributed by atoms with Crippen LogP contribution in [0, 0.1) is 0 Å². The van der Waals surface area contributed by atoms with Crippen LogP contribution in [-0.4, -0.2) is 26.8 Å². The minimum atomic E-state index is -0.485. The number of nitrogens with two attached hydrogens (primary N) is 2. The molecule has 3 heterocycles. The number of rotatable bonds is 7. The zero-order valence-electron chi connectivity index (χ0n) is 24.8. The number of nitrogens with one attached hydrogen (secondary N) is 2. The fraction of sp³-hybridized carbons (Fsp3) is 0.0513. The predicted molar refractivity (Wildman–Crippen MR) is 185 cm³/mol. The van der Waals surface area contributed by atoms with Crippen molar-refractivity contribution in [3.8, 4) is 33.4 Å². The highest BCUT2D eigenvalue weighted by Gasteiger charge is 2.19. The van der Waals surface area contributed by atoms with Gasteiger partial charge in [0.05, 0.1) is 23.9 Å². The molecular formula is C39H29N5O2. The third kappa shape index (κ3) is 4.57. The van der Waals surface area contributed by atoms with Gasteiger partial charge in [0.15, 0.2) is 0 Å². The van der Waals surface area contributed by atoms with Crippen LogP contribution in [0.15, 0.2) is 116 Å². The smallest absolute Gasteiger partial charge is 0.221 e. The normalized spacial score (nSPS) is 11.6. The molecule has 0 fully saturated rings. The molecule has 2 amide bonds. The molecule has 222 valence electrons. The number of hydrogen-bond acceptors (Lipinski definition) is 3. The first kappa shape index (κ1) is 27.3. The number of carbonyl (C=O) groups is 2. The standard InChI is InChI=1S/C39H29N5O2/c40-35(45)18-25-20-42-21-26(19-36(41)46)37(25)24-16-22(27-9-5-11-31-29-7-1-3-13-33(29)43-38(27)31)15-23(17-24)28-10-6-12-32-30-8-2-4-14-34(30)44-39(28)32/h1-17,20-21,43-44H,18-19H2,(H2,40,45)(H2,41,46). The zero-order valence-corrected chi connectivity index (χ0v) is 24.8. The van der Waals surface area contributed by atoms with Gasteiger partial charge in [-0.25, -0.2) is 0 Å². The molecule has 0 aliphatic carbocycles. The van der Waals surface area contributed by atoms with Crippen LogP contribution in [0.3, 0.4) is 0 Å². The van der Waals surface area contributed by atoms with Crippen molar-refractivity contribution in [1.82, 2.24) is 15.0 Å². The van der Waals surface area contributed by atoms with E-state index >= 15 is 0 Å². The van der Waals surface area contributed by atoms with E-state index in [0.717, 1.165) is 77.0 Å². The Morgan fingerprint density at radius 2 is 0.978 bits per heavy atom. The van der Waals surface area contributed by atoms with Gasteiger partial charge in [0.25, 0.3) is 0 Å². The van der Waals surface area contributed by atoms with Crippen molar-refractivity contribution >= 4 is 55.4 Å². The Balaban J connectivity index is 1.45. The third-order valence-corrected chi connectivity index (χ3v) is 8.76. The summed E-state index contributed by atoms with van der Waals surface area (Å²) in [5.41, 5.74) is 22.4. The van der Waals surface area contributed by atoms with E-state index in [1.807, 2.05) is 24.3 Å². The summed E-state index contributed by atoms with van der Waals surface area (Å²) in [6, 6.07) is 35.6. The Bertz CT molecular complexity index is 2340. The number of amides is 2. The molecule has 0 aliphatic rings. The van der Waals surface area contributed by atoms with Crippen molar-refractivity contribution < 1.29 is 9.59 Å². The van der Waals surface area contributed by atoms with Crippen molar-refractivity contribution in [2.45, 2.75) is 12.8 Å². The van der Waals surface area contributed by atoms with Crippen LogP contribution in [0.2, 0.25) is 0 Å². The molecule has 8 rings (SSSR count). The molecule has 0 unspecified atom stereocenters. The summed E-state index contributed by atoms with van der Waals surface area (Å²) >= 11 is 0. The highest BCUT2D eigenvalue weighted by atomic mass is 16.1. The van der Waals surface area contributed by atoms with Gasteiger partial charge in [0.2, 0.25) is 11.8 Å². The number of nitrogens with zero attached hydrogens (tertiary/aromatic N) is 1. The van der Waals surface area contributed by atoms with E-state index < -0.39 is 11.8 Å². The topological polar surface area (TPSA) is 131 Å². The molecule has 6 N–H and O–H groups in total. The van der Waals surface area contributed by atoms with E-state index in [1.54, 1.807) is 12.4 Å². The van der Waals surface area contributed by atoms with Gasteiger partial charge >= 0.3 is 0 Å². The van der Waals surface area contributed by atoms with E-state index in [9.17, 15) is 9.59 Å². The molecule has 0 atom stereocenters. The maximum atomic E-state index is 12.2. The van der Waals surface area contributed by atoms with Crippen molar-refractivity contribution in [2.75, 3.05) is 0 Å². The first-order valence-corrected chi connectivity index (χ1v) is 15.1. The van der Waals surface area contributed by atoms with Gasteiger partial charge in [-0.3, -0.25) is 14.6 Å². The molecule has 0 saturated heterocycles. The molecule has 7 nitrogen and oxygen atoms in total. The average Bonchev–Trinajstić information content (AvgIpc) is 3.63. The van der Waals surface area contributed by atoms with Crippen molar-refractivity contribution in [1.29, 1.82) is 0 Å². The molecule has 0 radical (unpaired) electrons. The van der Waals surface area contributed by atoms with E-state index in [4.69, 9.17) is 11.5 Å². The second-order valence-electron chi connectivity index (χ2n) is 11.7. The predicted octanol–water partition coefficient (Wildman–Crippen LogP) is 7.41.